The van der Waals surface area contributed by atoms with Gasteiger partial charge in [-0.3, -0.25) is 28.9 Å². The second kappa shape index (κ2) is 20.1. The molecule has 18 heteroatoms. The summed E-state index contributed by atoms with van der Waals surface area (Å²) in [5.74, 6) is -7.74. The number of aliphatic hydroxyl groups is 2. The van der Waals surface area contributed by atoms with Crippen LogP contribution in [0.3, 0.4) is 0 Å². The van der Waals surface area contributed by atoms with Crippen LogP contribution >= 0.6 is 0 Å². The average Bonchev–Trinajstić information content (AvgIpc) is 3.34. The van der Waals surface area contributed by atoms with E-state index in [1.165, 1.54) is 26.0 Å². The molecule has 11 atom stereocenters. The summed E-state index contributed by atoms with van der Waals surface area (Å²) in [6.45, 7) is 9.24. The number of rotatable bonds is 13. The molecule has 18 nitrogen and oxygen atoms in total. The maximum atomic E-state index is 15.7. The highest BCUT2D eigenvalue weighted by Crippen LogP contribution is 2.64. The first kappa shape index (κ1) is 51.1. The molecule has 0 unspecified atom stereocenters. The summed E-state index contributed by atoms with van der Waals surface area (Å²) in [5.41, 5.74) is -7.29. The zero-order chi connectivity index (χ0) is 51.0. The number of aliphatic hydroxyl groups excluding tert-OH is 1. The van der Waals surface area contributed by atoms with E-state index in [1.54, 1.807) is 97.6 Å². The first-order valence-electron chi connectivity index (χ1n) is 23.7. The molecule has 2 saturated carbocycles. The zero-order valence-corrected chi connectivity index (χ0v) is 40.5. The molecule has 8 rings (SSSR count). The molecule has 0 aromatic heterocycles. The Morgan fingerprint density at radius 3 is 2.01 bits per heavy atom. The molecule has 0 spiro atoms. The SMILES string of the molecule is CC(=O)O[C@H]1C(=O)[C@@]2(C)[C@H]([C@H](OC(=O)c3ccccc3)[C@]3(O)C[C@H](OC(=O)[C@H](OC(=O)CN4CCOCC4)[C@@H](NC(=O)c4ccccc4)c4ccccc4)C(C)=C1C3(C)C)[C@]1(OC(C)=O)CO[C@@H]1C[C@@H]2O. The summed E-state index contributed by atoms with van der Waals surface area (Å²) in [7, 11) is 0. The quantitative estimate of drug-likeness (QED) is 0.126. The number of amides is 1. The van der Waals surface area contributed by atoms with Crippen molar-refractivity contribution in [1.82, 2.24) is 10.2 Å². The van der Waals surface area contributed by atoms with Crippen LogP contribution in [0.2, 0.25) is 0 Å². The van der Waals surface area contributed by atoms with Crippen molar-refractivity contribution in [1.29, 1.82) is 0 Å². The predicted molar refractivity (Wildman–Crippen MR) is 249 cm³/mol. The Bertz CT molecular complexity index is 2570. The fraction of sp³-hybridized carbons (Fsp3) is 0.491. The Morgan fingerprint density at radius 1 is 0.831 bits per heavy atom. The predicted octanol–water partition coefficient (Wildman–Crippen LogP) is 3.62. The summed E-state index contributed by atoms with van der Waals surface area (Å²) in [6.07, 6.45) is -10.6. The third-order valence-corrected chi connectivity index (χ3v) is 15.2. The van der Waals surface area contributed by atoms with E-state index in [4.69, 9.17) is 33.2 Å². The lowest BCUT2D eigenvalue weighted by atomic mass is 9.44. The number of carbonyl (C=O) groups is 7. The number of benzene rings is 3. The van der Waals surface area contributed by atoms with Crippen molar-refractivity contribution >= 4 is 41.5 Å². The van der Waals surface area contributed by atoms with Gasteiger partial charge in [-0.25, -0.2) is 9.59 Å². The van der Waals surface area contributed by atoms with Crippen LogP contribution in [0.25, 0.3) is 0 Å². The van der Waals surface area contributed by atoms with Gasteiger partial charge < -0.3 is 48.7 Å². The Morgan fingerprint density at radius 2 is 1.44 bits per heavy atom. The molecule has 1 amide bonds. The van der Waals surface area contributed by atoms with E-state index in [-0.39, 0.29) is 41.8 Å². The third-order valence-electron chi connectivity index (χ3n) is 15.2. The number of fused-ring (bicyclic) bond motifs is 5. The number of hydrogen-bond donors (Lipinski definition) is 3. The molecule has 2 saturated heterocycles. The highest BCUT2D eigenvalue weighted by Gasteiger charge is 2.78. The Hall–Kier alpha value is -6.31. The first-order valence-corrected chi connectivity index (χ1v) is 23.7. The number of ketones is 1. The lowest BCUT2D eigenvalue weighted by Gasteiger charge is -2.67. The number of nitrogens with zero attached hydrogens (tertiary/aromatic N) is 1. The summed E-state index contributed by atoms with van der Waals surface area (Å²) in [4.78, 5) is 102. The van der Waals surface area contributed by atoms with Crippen molar-refractivity contribution in [3.05, 3.63) is 119 Å². The first-order chi connectivity index (χ1) is 33.7. The van der Waals surface area contributed by atoms with Gasteiger partial charge in [0.25, 0.3) is 5.91 Å². The van der Waals surface area contributed by atoms with Crippen LogP contribution in [-0.4, -0.2) is 144 Å². The number of hydrogen-bond acceptors (Lipinski definition) is 17. The molecule has 2 aliphatic heterocycles. The molecular formula is C53H60N2O16. The molecule has 4 fully saturated rings. The highest BCUT2D eigenvalue weighted by atomic mass is 16.6. The largest absolute Gasteiger partial charge is 0.455 e. The minimum atomic E-state index is -2.45. The Kier molecular flexibility index (Phi) is 14.4. The lowest BCUT2D eigenvalue weighted by Crippen LogP contribution is -2.82. The van der Waals surface area contributed by atoms with Crippen LogP contribution in [0, 0.1) is 16.7 Å². The molecule has 2 bridgehead atoms. The van der Waals surface area contributed by atoms with Crippen LogP contribution in [0.4, 0.5) is 0 Å². The Labute approximate surface area is 410 Å². The number of ether oxygens (including phenoxy) is 7. The molecule has 3 aromatic carbocycles. The van der Waals surface area contributed by atoms with Gasteiger partial charge in [0.05, 0.1) is 49.4 Å². The van der Waals surface area contributed by atoms with Crippen molar-refractivity contribution in [2.45, 2.75) is 108 Å². The van der Waals surface area contributed by atoms with Crippen molar-refractivity contribution in [2.24, 2.45) is 16.7 Å². The Balaban J connectivity index is 1.29. The van der Waals surface area contributed by atoms with Gasteiger partial charge in [0.2, 0.25) is 6.10 Å². The van der Waals surface area contributed by atoms with Gasteiger partial charge in [-0.15, -0.1) is 0 Å². The second-order valence-electron chi connectivity index (χ2n) is 19.7. The van der Waals surface area contributed by atoms with Crippen LogP contribution < -0.4 is 5.32 Å². The fourth-order valence-corrected chi connectivity index (χ4v) is 11.4. The van der Waals surface area contributed by atoms with E-state index in [0.717, 1.165) is 13.8 Å². The van der Waals surface area contributed by atoms with Gasteiger partial charge in [-0.05, 0) is 54.8 Å². The third kappa shape index (κ3) is 9.39. The summed E-state index contributed by atoms with van der Waals surface area (Å²) < 4.78 is 42.4. The summed E-state index contributed by atoms with van der Waals surface area (Å²) >= 11 is 0. The highest BCUT2D eigenvalue weighted by molar-refractivity contribution is 5.96. The van der Waals surface area contributed by atoms with E-state index < -0.39 is 119 Å². The number of nitrogens with one attached hydrogen (secondary N) is 1. The van der Waals surface area contributed by atoms with Crippen molar-refractivity contribution in [3.63, 3.8) is 0 Å². The van der Waals surface area contributed by atoms with Crippen LogP contribution in [0.15, 0.2) is 102 Å². The van der Waals surface area contributed by atoms with Gasteiger partial charge in [0, 0.05) is 50.8 Å². The number of morpholine rings is 1. The molecule has 378 valence electrons. The fourth-order valence-electron chi connectivity index (χ4n) is 11.4. The molecule has 3 aromatic rings. The summed E-state index contributed by atoms with van der Waals surface area (Å²) in [5, 5.41) is 29.0. The molecule has 71 heavy (non-hydrogen) atoms. The molecule has 5 aliphatic rings. The maximum Gasteiger partial charge on any atom is 0.350 e. The van der Waals surface area contributed by atoms with Gasteiger partial charge in [0.15, 0.2) is 17.5 Å². The molecule has 2 heterocycles. The lowest BCUT2D eigenvalue weighted by molar-refractivity contribution is -0.346. The van der Waals surface area contributed by atoms with Crippen molar-refractivity contribution in [3.8, 4) is 0 Å². The normalized spacial score (nSPS) is 30.8. The standard InChI is InChI=1S/C53H60N2O16/c1-30-36(68-49(63)43(69-39(59)28-55-22-24-65-25-23-55)41(33-16-10-7-11-17-33)54-47(61)34-18-12-8-13-19-34)27-53(64)46(70-48(62)35-20-14-9-15-21-35)44-51(6,37(58)26-38-52(44,29-66-38)71-32(3)57)45(60)42(67-31(2)56)40(30)50(53,4)5/h7-21,36-38,41-44,46,58,64H,22-29H2,1-6H3,(H,54,61)/t36-,37-,38+,41-,42+,43+,44-,46-,51+,52-,53+/m0/s1. The van der Waals surface area contributed by atoms with Gasteiger partial charge >= 0.3 is 29.8 Å². The van der Waals surface area contributed by atoms with Crippen LogP contribution in [-0.2, 0) is 57.1 Å². The molecular weight excluding hydrogens is 921 g/mol. The molecule has 3 N–H and O–H groups in total. The second-order valence-corrected chi connectivity index (χ2v) is 19.7. The van der Waals surface area contributed by atoms with E-state index in [9.17, 15) is 34.2 Å². The van der Waals surface area contributed by atoms with Gasteiger partial charge in [0.1, 0.15) is 30.0 Å². The van der Waals surface area contributed by atoms with Crippen molar-refractivity contribution in [2.75, 3.05) is 39.5 Å². The van der Waals surface area contributed by atoms with Crippen LogP contribution in [0.5, 0.6) is 0 Å². The smallest absolute Gasteiger partial charge is 0.350 e. The molecule has 0 radical (unpaired) electrons. The van der Waals surface area contributed by atoms with Crippen LogP contribution in [0.1, 0.15) is 86.7 Å². The van der Waals surface area contributed by atoms with E-state index >= 15 is 9.59 Å². The van der Waals surface area contributed by atoms with Gasteiger partial charge in [-0.1, -0.05) is 80.6 Å². The van der Waals surface area contributed by atoms with E-state index in [1.807, 2.05) is 0 Å². The van der Waals surface area contributed by atoms with Crippen molar-refractivity contribution < 1.29 is 76.9 Å². The zero-order valence-electron chi connectivity index (χ0n) is 40.5. The number of carbonyl (C=O) groups excluding carboxylic acids is 7. The minimum absolute atomic E-state index is 0.0248. The summed E-state index contributed by atoms with van der Waals surface area (Å²) in [6, 6.07) is 23.0. The molecule has 3 aliphatic carbocycles. The average molecular weight is 981 g/mol. The van der Waals surface area contributed by atoms with Gasteiger partial charge in [-0.2, -0.15) is 0 Å². The number of esters is 5. The minimum Gasteiger partial charge on any atom is -0.455 e. The number of Topliss-reactive ketones (excluding diaryl/α,β-unsaturated/α-hetero) is 1. The maximum absolute atomic E-state index is 15.7. The topological polar surface area (TPSA) is 240 Å². The van der Waals surface area contributed by atoms with E-state index in [2.05, 4.69) is 5.32 Å². The monoisotopic (exact) mass is 980 g/mol. The van der Waals surface area contributed by atoms with E-state index in [0.29, 0.717) is 31.9 Å².